The Bertz CT molecular complexity index is 1490. The Morgan fingerprint density at radius 3 is 2.32 bits per heavy atom. The summed E-state index contributed by atoms with van der Waals surface area (Å²) < 4.78 is 11.1. The number of methoxy groups -OCH3 is 1. The van der Waals surface area contributed by atoms with Crippen molar-refractivity contribution in [1.29, 1.82) is 0 Å². The van der Waals surface area contributed by atoms with Gasteiger partial charge in [0.2, 0.25) is 0 Å². The maximum Gasteiger partial charge on any atom is 0.286 e. The Labute approximate surface area is 313 Å². The number of benzene rings is 3. The number of nitrogens with zero attached hydrogens (tertiary/aromatic N) is 2. The van der Waals surface area contributed by atoms with Gasteiger partial charge in [-0.05, 0) is 42.4 Å². The van der Waals surface area contributed by atoms with Crippen LogP contribution >= 0.6 is 23.5 Å². The molecule has 0 spiro atoms. The van der Waals surface area contributed by atoms with Gasteiger partial charge in [-0.25, -0.2) is 0 Å². The van der Waals surface area contributed by atoms with Gasteiger partial charge in [-0.1, -0.05) is 52.0 Å². The minimum absolute atomic E-state index is 0. The fraction of sp³-hybridized carbons (Fsp3) is 0.417. The number of amides is 1. The van der Waals surface area contributed by atoms with Crippen LogP contribution < -0.4 is 9.47 Å². The topological polar surface area (TPSA) is 99.0 Å². The molecule has 0 saturated carbocycles. The zero-order valence-electron chi connectivity index (χ0n) is 28.2. The van der Waals surface area contributed by atoms with Crippen LogP contribution in [-0.2, 0) is 32.7 Å². The number of nitro groups is 1. The first-order chi connectivity index (χ1) is 22.1. The zero-order valence-corrected chi connectivity index (χ0v) is 32.6. The Kier molecular flexibility index (Phi) is 17.5. The Hall–Kier alpha value is -2.40. The van der Waals surface area contributed by atoms with Crippen LogP contribution in [0.2, 0.25) is 0 Å². The van der Waals surface area contributed by atoms with E-state index >= 15 is 0 Å². The van der Waals surface area contributed by atoms with E-state index < -0.39 is 4.92 Å². The third kappa shape index (κ3) is 11.1. The van der Waals surface area contributed by atoms with Crippen molar-refractivity contribution < 1.29 is 56.7 Å². The molecular weight excluding hydrogens is 709 g/mol. The fourth-order valence-electron chi connectivity index (χ4n) is 5.40. The summed E-state index contributed by atoms with van der Waals surface area (Å²) in [5.74, 6) is 2.21. The van der Waals surface area contributed by atoms with Crippen LogP contribution in [0.5, 0.6) is 11.5 Å². The first kappa shape index (κ1) is 40.8. The van der Waals surface area contributed by atoms with Gasteiger partial charge >= 0.3 is 0 Å². The maximum atomic E-state index is 13.4. The summed E-state index contributed by atoms with van der Waals surface area (Å²) in [6.07, 6.45) is 2.32. The Balaban J connectivity index is 0.000000363. The molecule has 1 aliphatic rings. The summed E-state index contributed by atoms with van der Waals surface area (Å²) in [4.78, 5) is 38.7. The molecule has 4 rings (SSSR count). The van der Waals surface area contributed by atoms with E-state index in [0.717, 1.165) is 46.6 Å². The molecule has 8 nitrogen and oxygen atoms in total. The molecule has 1 aliphatic heterocycles. The van der Waals surface area contributed by atoms with E-state index in [-0.39, 0.29) is 72.0 Å². The van der Waals surface area contributed by atoms with Crippen LogP contribution in [0.1, 0.15) is 76.1 Å². The number of aryl methyl sites for hydroxylation is 3. The molecule has 1 atom stereocenters. The number of hydrogen-bond donors (Lipinski definition) is 0. The summed E-state index contributed by atoms with van der Waals surface area (Å²) in [5, 5.41) is 11.7. The second-order valence-corrected chi connectivity index (χ2v) is 14.0. The third-order valence-corrected chi connectivity index (χ3v) is 10.2. The number of likely N-dealkylation sites (tertiary alicyclic amines) is 1. The first-order valence-corrected chi connectivity index (χ1v) is 17.6. The number of rotatable bonds is 13. The van der Waals surface area contributed by atoms with E-state index in [1.165, 1.54) is 19.2 Å². The summed E-state index contributed by atoms with van der Waals surface area (Å²) >= 11 is 3.66. The smallest absolute Gasteiger partial charge is 0.286 e. The maximum absolute atomic E-state index is 13.4. The standard InChI is InChI=1S/C20H29N2O5S2.C16H15O.Y/c1-5-11-27-18-13-16(22(24)25)14(12-17(18)26-4)19(23)21-10-8-9-15(21)20(28-6-2)29-7-3;1-11-8-12(2)10-14(9-11)16(17)15-7-5-4-6-13(15)3;/h12-13,15,20H,1,5-11H2,2-4H3;4-9H,1-3H3;/q2*-1;/t15-;;/m0../s1. The molecule has 1 heterocycles. The number of carbonyl (C=O) groups excluding carboxylic acids is 2. The fourth-order valence-corrected chi connectivity index (χ4v) is 8.27. The van der Waals surface area contributed by atoms with Crippen molar-refractivity contribution in [3.05, 3.63) is 105 Å². The molecule has 251 valence electrons. The Morgan fingerprint density at radius 1 is 1.06 bits per heavy atom. The zero-order chi connectivity index (χ0) is 33.8. The van der Waals surface area contributed by atoms with Crippen molar-refractivity contribution in [1.82, 2.24) is 4.90 Å². The van der Waals surface area contributed by atoms with Gasteiger partial charge in [0.05, 0.1) is 35.3 Å². The van der Waals surface area contributed by atoms with E-state index in [1.807, 2.05) is 80.7 Å². The number of nitro benzene ring substituents is 1. The SMILES string of the molecule is Cc1[c-]c(C(=O)c2ccccc2C)cc(C)c1.[CH2-]CCOc1cc([N+](=O)[O-])c(C(=O)N2CCC[C@H]2C(SCC)SCC)cc1OC.[Y]. The molecule has 1 amide bonds. The van der Waals surface area contributed by atoms with Gasteiger partial charge in [0, 0.05) is 45.3 Å². The molecule has 1 fully saturated rings. The summed E-state index contributed by atoms with van der Waals surface area (Å²) in [7, 11) is 1.46. The van der Waals surface area contributed by atoms with Crippen molar-refractivity contribution in [2.75, 3.05) is 31.8 Å². The second kappa shape index (κ2) is 20.2. The molecule has 0 bridgehead atoms. The van der Waals surface area contributed by atoms with Crippen LogP contribution in [-0.4, -0.2) is 63.9 Å². The van der Waals surface area contributed by atoms with Crippen LogP contribution in [0, 0.1) is 43.9 Å². The van der Waals surface area contributed by atoms with Crippen molar-refractivity contribution in [3.63, 3.8) is 0 Å². The molecule has 11 heteroatoms. The third-order valence-electron chi connectivity index (χ3n) is 7.43. The predicted octanol–water partition coefficient (Wildman–Crippen LogP) is 8.28. The second-order valence-electron chi connectivity index (χ2n) is 10.9. The molecule has 0 N–H and O–H groups in total. The molecule has 1 saturated heterocycles. The first-order valence-electron chi connectivity index (χ1n) is 15.5. The number of ketones is 1. The van der Waals surface area contributed by atoms with Gasteiger partial charge in [0.25, 0.3) is 11.6 Å². The minimum atomic E-state index is -0.534. The van der Waals surface area contributed by atoms with Crippen molar-refractivity contribution in [2.45, 2.75) is 64.5 Å². The molecule has 3 aromatic rings. The minimum Gasteiger partial charge on any atom is -0.493 e. The predicted molar refractivity (Wildman–Crippen MR) is 189 cm³/mol. The van der Waals surface area contributed by atoms with Gasteiger partial charge in [-0.2, -0.15) is 0 Å². The molecule has 0 aliphatic carbocycles. The summed E-state index contributed by atoms with van der Waals surface area (Å²) in [5.41, 5.74) is 4.29. The molecule has 3 aromatic carbocycles. The summed E-state index contributed by atoms with van der Waals surface area (Å²) in [6, 6.07) is 17.5. The van der Waals surface area contributed by atoms with E-state index in [9.17, 15) is 19.7 Å². The quantitative estimate of drug-likeness (QED) is 0.0566. The molecule has 0 aromatic heterocycles. The van der Waals surface area contributed by atoms with Crippen LogP contribution in [0.3, 0.4) is 0 Å². The van der Waals surface area contributed by atoms with Gasteiger partial charge in [-0.15, -0.1) is 64.8 Å². The van der Waals surface area contributed by atoms with Crippen molar-refractivity contribution >= 4 is 40.9 Å². The van der Waals surface area contributed by atoms with E-state index in [4.69, 9.17) is 9.47 Å². The number of ether oxygens (including phenoxy) is 2. The molecule has 0 unspecified atom stereocenters. The monoisotopic (exact) mass is 753 g/mol. The largest absolute Gasteiger partial charge is 0.493 e. The van der Waals surface area contributed by atoms with Crippen molar-refractivity contribution in [2.24, 2.45) is 0 Å². The number of carbonyl (C=O) groups is 2. The Morgan fingerprint density at radius 2 is 1.74 bits per heavy atom. The van der Waals surface area contributed by atoms with Crippen LogP contribution in [0.4, 0.5) is 5.69 Å². The number of thioether (sulfide) groups is 2. The molecule has 47 heavy (non-hydrogen) atoms. The van der Waals surface area contributed by atoms with Gasteiger partial charge < -0.3 is 26.1 Å². The number of hydrogen-bond acceptors (Lipinski definition) is 8. The van der Waals surface area contributed by atoms with Gasteiger partial charge in [-0.3, -0.25) is 14.9 Å². The van der Waals surface area contributed by atoms with Gasteiger partial charge in [0.1, 0.15) is 11.3 Å². The van der Waals surface area contributed by atoms with Crippen LogP contribution in [0.15, 0.2) is 48.5 Å². The molecular formula is C36H44N2O6S2Y-2. The van der Waals surface area contributed by atoms with Crippen LogP contribution in [0.25, 0.3) is 0 Å². The average Bonchev–Trinajstić information content (AvgIpc) is 3.52. The molecule has 1 radical (unpaired) electrons. The van der Waals surface area contributed by atoms with E-state index in [0.29, 0.717) is 30.9 Å². The van der Waals surface area contributed by atoms with E-state index in [1.54, 1.807) is 4.90 Å². The van der Waals surface area contributed by atoms with Crippen molar-refractivity contribution in [3.8, 4) is 11.5 Å². The summed E-state index contributed by atoms with van der Waals surface area (Å²) in [6.45, 7) is 14.7. The average molecular weight is 754 g/mol. The van der Waals surface area contributed by atoms with Gasteiger partial charge in [0.15, 0.2) is 11.5 Å². The van der Waals surface area contributed by atoms with E-state index in [2.05, 4.69) is 26.8 Å². The normalized spacial score (nSPS) is 13.8.